The number of carbonyl (C=O) groups excluding carboxylic acids is 1. The Morgan fingerprint density at radius 3 is 2.59 bits per heavy atom. The van der Waals surface area contributed by atoms with Gasteiger partial charge < -0.3 is 10.6 Å². The van der Waals surface area contributed by atoms with Crippen LogP contribution in [0.15, 0.2) is 36.9 Å². The third-order valence-electron chi connectivity index (χ3n) is 2.55. The predicted molar refractivity (Wildman–Crippen MR) is 70.5 cm³/mol. The maximum absolute atomic E-state index is 11.8. The van der Waals surface area contributed by atoms with E-state index >= 15 is 0 Å². The van der Waals surface area contributed by atoms with Crippen molar-refractivity contribution < 1.29 is 4.79 Å². The molecule has 2 N–H and O–H groups in total. The van der Waals surface area contributed by atoms with Crippen molar-refractivity contribution in [1.29, 1.82) is 0 Å². The van der Waals surface area contributed by atoms with Gasteiger partial charge in [0, 0.05) is 26.1 Å². The normalized spacial score (nSPS) is 10.0. The van der Waals surface area contributed by atoms with Crippen LogP contribution in [0.4, 0.5) is 0 Å². The van der Waals surface area contributed by atoms with Gasteiger partial charge in [-0.1, -0.05) is 35.9 Å². The molecule has 0 radical (unpaired) electrons. The number of benzene rings is 1. The molecule has 0 aromatic heterocycles. The highest BCUT2D eigenvalue weighted by molar-refractivity contribution is 5.76. The van der Waals surface area contributed by atoms with Crippen LogP contribution in [0.2, 0.25) is 0 Å². The molecule has 0 atom stereocenters. The second-order valence-corrected chi connectivity index (χ2v) is 4.09. The summed E-state index contributed by atoms with van der Waals surface area (Å²) < 4.78 is 0. The fourth-order valence-electron chi connectivity index (χ4n) is 1.61. The summed E-state index contributed by atoms with van der Waals surface area (Å²) in [6.07, 6.45) is 2.13. The van der Waals surface area contributed by atoms with Crippen LogP contribution in [-0.2, 0) is 11.3 Å². The summed E-state index contributed by atoms with van der Waals surface area (Å²) in [4.78, 5) is 13.6. The van der Waals surface area contributed by atoms with Gasteiger partial charge in [0.2, 0.25) is 5.91 Å². The van der Waals surface area contributed by atoms with E-state index in [0.29, 0.717) is 26.1 Å². The molecule has 92 valence electrons. The molecule has 0 aliphatic carbocycles. The number of hydrogen-bond acceptors (Lipinski definition) is 2. The highest BCUT2D eigenvalue weighted by atomic mass is 16.2. The Hall–Kier alpha value is -1.61. The van der Waals surface area contributed by atoms with Gasteiger partial charge >= 0.3 is 0 Å². The molecule has 1 aromatic carbocycles. The lowest BCUT2D eigenvalue weighted by Gasteiger charge is -2.21. The fourth-order valence-corrected chi connectivity index (χ4v) is 1.61. The molecule has 0 aliphatic heterocycles. The summed E-state index contributed by atoms with van der Waals surface area (Å²) in [7, 11) is 0. The number of nitrogens with two attached hydrogens (primary N) is 1. The van der Waals surface area contributed by atoms with Crippen LogP contribution in [0.5, 0.6) is 0 Å². The van der Waals surface area contributed by atoms with Crippen LogP contribution >= 0.6 is 0 Å². The van der Waals surface area contributed by atoms with Crippen molar-refractivity contribution in [2.75, 3.05) is 13.1 Å². The van der Waals surface area contributed by atoms with E-state index in [2.05, 4.69) is 18.7 Å². The molecule has 3 nitrogen and oxygen atoms in total. The zero-order valence-corrected chi connectivity index (χ0v) is 10.4. The first-order chi connectivity index (χ1) is 8.17. The van der Waals surface area contributed by atoms with Crippen molar-refractivity contribution >= 4 is 5.91 Å². The molecular formula is C14H20N2O. The first-order valence-corrected chi connectivity index (χ1v) is 5.81. The molecule has 1 amide bonds. The summed E-state index contributed by atoms with van der Waals surface area (Å²) in [6.45, 7) is 7.29. The Bertz CT molecular complexity index is 370. The molecule has 0 spiro atoms. The number of amides is 1. The Morgan fingerprint density at radius 1 is 1.41 bits per heavy atom. The van der Waals surface area contributed by atoms with E-state index in [1.54, 1.807) is 11.0 Å². The smallest absolute Gasteiger partial charge is 0.224 e. The molecular weight excluding hydrogens is 212 g/mol. The molecule has 0 saturated heterocycles. The molecule has 1 rings (SSSR count). The van der Waals surface area contributed by atoms with Crippen LogP contribution in [-0.4, -0.2) is 23.9 Å². The van der Waals surface area contributed by atoms with Gasteiger partial charge in [-0.15, -0.1) is 6.58 Å². The molecule has 1 aromatic rings. The summed E-state index contributed by atoms with van der Waals surface area (Å²) in [6, 6.07) is 8.19. The zero-order chi connectivity index (χ0) is 12.7. The van der Waals surface area contributed by atoms with Gasteiger partial charge in [0.15, 0.2) is 0 Å². The van der Waals surface area contributed by atoms with Crippen LogP contribution in [0.3, 0.4) is 0 Å². The Labute approximate surface area is 103 Å². The number of aryl methyl sites for hydroxylation is 1. The lowest BCUT2D eigenvalue weighted by Crippen LogP contribution is -2.32. The minimum atomic E-state index is 0.0768. The maximum atomic E-state index is 11.8. The van der Waals surface area contributed by atoms with E-state index in [1.165, 1.54) is 5.56 Å². The molecule has 3 heteroatoms. The van der Waals surface area contributed by atoms with Crippen molar-refractivity contribution in [3.63, 3.8) is 0 Å². The van der Waals surface area contributed by atoms with Gasteiger partial charge in [-0.25, -0.2) is 0 Å². The fraction of sp³-hybridized carbons (Fsp3) is 0.357. The topological polar surface area (TPSA) is 46.3 Å². The van der Waals surface area contributed by atoms with Crippen LogP contribution in [0.25, 0.3) is 0 Å². The predicted octanol–water partition coefficient (Wildman–Crippen LogP) is 1.86. The van der Waals surface area contributed by atoms with Gasteiger partial charge in [-0.05, 0) is 12.5 Å². The van der Waals surface area contributed by atoms with Crippen molar-refractivity contribution in [3.05, 3.63) is 48.0 Å². The largest absolute Gasteiger partial charge is 0.335 e. The lowest BCUT2D eigenvalue weighted by atomic mass is 10.1. The number of carbonyl (C=O) groups is 1. The molecule has 0 aliphatic rings. The first kappa shape index (κ1) is 13.5. The van der Waals surface area contributed by atoms with Crippen molar-refractivity contribution in [1.82, 2.24) is 4.90 Å². The number of nitrogens with zero attached hydrogens (tertiary/aromatic N) is 1. The minimum Gasteiger partial charge on any atom is -0.335 e. The van der Waals surface area contributed by atoms with E-state index in [9.17, 15) is 4.79 Å². The quantitative estimate of drug-likeness (QED) is 0.761. The van der Waals surface area contributed by atoms with E-state index in [4.69, 9.17) is 5.73 Å². The average molecular weight is 232 g/mol. The zero-order valence-electron chi connectivity index (χ0n) is 10.4. The SMILES string of the molecule is C=CCN(Cc1ccc(C)cc1)C(=O)CCN. The number of rotatable bonds is 6. The van der Waals surface area contributed by atoms with E-state index in [-0.39, 0.29) is 5.91 Å². The summed E-state index contributed by atoms with van der Waals surface area (Å²) >= 11 is 0. The van der Waals surface area contributed by atoms with Gasteiger partial charge in [0.1, 0.15) is 0 Å². The van der Waals surface area contributed by atoms with Gasteiger partial charge in [-0.2, -0.15) is 0 Å². The van der Waals surface area contributed by atoms with Crippen molar-refractivity contribution in [2.45, 2.75) is 19.9 Å². The minimum absolute atomic E-state index is 0.0768. The molecule has 0 saturated carbocycles. The molecule has 0 heterocycles. The van der Waals surface area contributed by atoms with Crippen LogP contribution < -0.4 is 5.73 Å². The highest BCUT2D eigenvalue weighted by Crippen LogP contribution is 2.08. The summed E-state index contributed by atoms with van der Waals surface area (Å²) in [5, 5.41) is 0. The van der Waals surface area contributed by atoms with E-state index in [0.717, 1.165) is 5.56 Å². The Kier molecular flexibility index (Phi) is 5.43. The standard InChI is InChI=1S/C14H20N2O/c1-3-10-16(14(17)8-9-15)11-13-6-4-12(2)5-7-13/h3-7H,1,8-11,15H2,2H3. The average Bonchev–Trinajstić information content (AvgIpc) is 2.31. The molecule has 0 unspecified atom stereocenters. The molecule has 0 fully saturated rings. The first-order valence-electron chi connectivity index (χ1n) is 5.81. The Balaban J connectivity index is 2.68. The highest BCUT2D eigenvalue weighted by Gasteiger charge is 2.11. The number of hydrogen-bond donors (Lipinski definition) is 1. The Morgan fingerprint density at radius 2 is 2.06 bits per heavy atom. The van der Waals surface area contributed by atoms with Crippen molar-refractivity contribution in [2.24, 2.45) is 5.73 Å². The third kappa shape index (κ3) is 4.41. The van der Waals surface area contributed by atoms with Crippen molar-refractivity contribution in [3.8, 4) is 0 Å². The lowest BCUT2D eigenvalue weighted by molar-refractivity contribution is -0.131. The van der Waals surface area contributed by atoms with Gasteiger partial charge in [-0.3, -0.25) is 4.79 Å². The second-order valence-electron chi connectivity index (χ2n) is 4.09. The third-order valence-corrected chi connectivity index (χ3v) is 2.55. The van der Waals surface area contributed by atoms with Gasteiger partial charge in [0.05, 0.1) is 0 Å². The van der Waals surface area contributed by atoms with Crippen LogP contribution in [0.1, 0.15) is 17.5 Å². The summed E-state index contributed by atoms with van der Waals surface area (Å²) in [5.74, 6) is 0.0768. The monoisotopic (exact) mass is 232 g/mol. The van der Waals surface area contributed by atoms with Crippen LogP contribution in [0, 0.1) is 6.92 Å². The van der Waals surface area contributed by atoms with Gasteiger partial charge in [0.25, 0.3) is 0 Å². The second kappa shape index (κ2) is 6.86. The molecule has 0 bridgehead atoms. The molecule has 17 heavy (non-hydrogen) atoms. The maximum Gasteiger partial charge on any atom is 0.224 e. The summed E-state index contributed by atoms with van der Waals surface area (Å²) in [5.41, 5.74) is 7.75. The van der Waals surface area contributed by atoms with E-state index in [1.807, 2.05) is 19.1 Å². The van der Waals surface area contributed by atoms with E-state index < -0.39 is 0 Å².